The van der Waals surface area contributed by atoms with E-state index in [1.54, 1.807) is 0 Å². The van der Waals surface area contributed by atoms with E-state index in [1.165, 1.54) is 12.1 Å². The Hall–Kier alpha value is -1.22. The van der Waals surface area contributed by atoms with Crippen molar-refractivity contribution in [3.05, 3.63) is 34.3 Å². The van der Waals surface area contributed by atoms with Gasteiger partial charge in [0.05, 0.1) is 4.47 Å². The third-order valence-corrected chi connectivity index (χ3v) is 3.00. The molecule has 0 aliphatic rings. The molecule has 0 bridgehead atoms. The Morgan fingerprint density at radius 3 is 2.56 bits per heavy atom. The van der Waals surface area contributed by atoms with Crippen molar-refractivity contribution in [1.82, 2.24) is 9.36 Å². The summed E-state index contributed by atoms with van der Waals surface area (Å²) in [5, 5.41) is -0.302. The van der Waals surface area contributed by atoms with Gasteiger partial charge in [0.2, 0.25) is 0 Å². The first-order valence-corrected chi connectivity index (χ1v) is 5.97. The molecule has 0 N–H and O–H groups in total. The van der Waals surface area contributed by atoms with Gasteiger partial charge < -0.3 is 4.74 Å². The average molecular weight is 343 g/mol. The van der Waals surface area contributed by atoms with Gasteiger partial charge in [0.1, 0.15) is 11.6 Å². The molecule has 0 saturated carbocycles. The van der Waals surface area contributed by atoms with Gasteiger partial charge in [-0.25, -0.2) is 4.39 Å². The molecule has 0 aliphatic heterocycles. The third-order valence-electron chi connectivity index (χ3n) is 1.76. The second-order valence-electron chi connectivity index (χ2n) is 3.06. The molecule has 96 valence electrons. The van der Waals surface area contributed by atoms with Gasteiger partial charge >= 0.3 is 6.18 Å². The van der Waals surface area contributed by atoms with E-state index in [0.29, 0.717) is 11.5 Å². The van der Waals surface area contributed by atoms with Crippen LogP contribution in [-0.2, 0) is 6.18 Å². The van der Waals surface area contributed by atoms with Gasteiger partial charge in [-0.05, 0) is 28.1 Å². The molecule has 0 saturated heterocycles. The van der Waals surface area contributed by atoms with Crippen LogP contribution in [0.4, 0.5) is 17.6 Å². The van der Waals surface area contributed by atoms with E-state index in [0.717, 1.165) is 6.07 Å². The lowest BCUT2D eigenvalue weighted by molar-refractivity contribution is -0.144. The van der Waals surface area contributed by atoms with Crippen LogP contribution in [0.2, 0.25) is 0 Å². The number of nitrogens with zero attached hydrogens (tertiary/aromatic N) is 2. The SMILES string of the molecule is Fc1cc(Oc2nc(C(F)(F)F)ns2)ccc1Br. The van der Waals surface area contributed by atoms with Crippen LogP contribution < -0.4 is 4.74 Å². The van der Waals surface area contributed by atoms with Crippen molar-refractivity contribution in [1.29, 1.82) is 0 Å². The predicted octanol–water partition coefficient (Wildman–Crippen LogP) is 4.25. The molecule has 0 amide bonds. The Kier molecular flexibility index (Phi) is 3.53. The van der Waals surface area contributed by atoms with E-state index >= 15 is 0 Å². The summed E-state index contributed by atoms with van der Waals surface area (Å²) in [7, 11) is 0. The van der Waals surface area contributed by atoms with Crippen molar-refractivity contribution in [2.45, 2.75) is 6.18 Å². The number of rotatable bonds is 2. The van der Waals surface area contributed by atoms with Gasteiger partial charge in [-0.15, -0.1) is 0 Å². The largest absolute Gasteiger partial charge is 0.452 e. The van der Waals surface area contributed by atoms with Crippen LogP contribution in [0.3, 0.4) is 0 Å². The number of hydrogen-bond acceptors (Lipinski definition) is 4. The highest BCUT2D eigenvalue weighted by atomic mass is 79.9. The van der Waals surface area contributed by atoms with E-state index in [9.17, 15) is 17.6 Å². The Morgan fingerprint density at radius 2 is 2.00 bits per heavy atom. The fourth-order valence-electron chi connectivity index (χ4n) is 1.01. The Balaban J connectivity index is 2.19. The molecule has 0 radical (unpaired) electrons. The summed E-state index contributed by atoms with van der Waals surface area (Å²) in [4.78, 5) is 3.15. The maximum Gasteiger partial charge on any atom is 0.452 e. The lowest BCUT2D eigenvalue weighted by atomic mass is 10.3. The van der Waals surface area contributed by atoms with E-state index in [4.69, 9.17) is 4.74 Å². The number of benzene rings is 1. The Morgan fingerprint density at radius 1 is 1.28 bits per heavy atom. The lowest BCUT2D eigenvalue weighted by Gasteiger charge is -2.02. The molecule has 0 atom stereocenters. The van der Waals surface area contributed by atoms with Crippen LogP contribution in [0.25, 0.3) is 0 Å². The first-order valence-electron chi connectivity index (χ1n) is 4.40. The summed E-state index contributed by atoms with van der Waals surface area (Å²) in [6.45, 7) is 0. The molecule has 9 heteroatoms. The molecule has 1 aromatic carbocycles. The molecule has 0 unspecified atom stereocenters. The minimum absolute atomic E-state index is 0.0422. The minimum Gasteiger partial charge on any atom is -0.430 e. The zero-order valence-electron chi connectivity index (χ0n) is 8.33. The summed E-state index contributed by atoms with van der Waals surface area (Å²) < 4.78 is 58.1. The molecule has 2 aromatic rings. The van der Waals surface area contributed by atoms with Gasteiger partial charge in [0, 0.05) is 17.6 Å². The standard InChI is InChI=1S/C9H3BrF4N2OS/c10-5-2-1-4(3-6(5)11)17-8-15-7(16-18-8)9(12,13)14/h1-3H. The monoisotopic (exact) mass is 342 g/mol. The summed E-state index contributed by atoms with van der Waals surface area (Å²) in [5.74, 6) is -1.83. The van der Waals surface area contributed by atoms with E-state index in [-0.39, 0.29) is 15.4 Å². The normalized spacial score (nSPS) is 11.6. The molecule has 1 heterocycles. The van der Waals surface area contributed by atoms with Crippen molar-refractivity contribution in [2.75, 3.05) is 0 Å². The van der Waals surface area contributed by atoms with E-state index in [2.05, 4.69) is 25.3 Å². The second-order valence-corrected chi connectivity index (χ2v) is 4.63. The third kappa shape index (κ3) is 2.96. The summed E-state index contributed by atoms with van der Waals surface area (Å²) in [6.07, 6.45) is -4.62. The van der Waals surface area contributed by atoms with Gasteiger partial charge in [0.15, 0.2) is 0 Å². The number of alkyl halides is 3. The van der Waals surface area contributed by atoms with Crippen LogP contribution in [0.15, 0.2) is 22.7 Å². The van der Waals surface area contributed by atoms with Crippen LogP contribution in [0, 0.1) is 5.82 Å². The lowest BCUT2D eigenvalue weighted by Crippen LogP contribution is -2.06. The van der Waals surface area contributed by atoms with Crippen molar-refractivity contribution in [3.63, 3.8) is 0 Å². The Bertz CT molecular complexity index is 572. The molecule has 0 fully saturated rings. The summed E-state index contributed by atoms with van der Waals surface area (Å²) in [6, 6.07) is 3.79. The number of aromatic nitrogens is 2. The fraction of sp³-hybridized carbons (Fsp3) is 0.111. The number of ether oxygens (including phenoxy) is 1. The molecule has 0 spiro atoms. The highest BCUT2D eigenvalue weighted by Gasteiger charge is 2.36. The van der Waals surface area contributed by atoms with E-state index < -0.39 is 17.8 Å². The Labute approximate surface area is 111 Å². The minimum atomic E-state index is -4.62. The van der Waals surface area contributed by atoms with Crippen molar-refractivity contribution >= 4 is 27.5 Å². The molecule has 18 heavy (non-hydrogen) atoms. The molecule has 1 aromatic heterocycles. The highest BCUT2D eigenvalue weighted by Crippen LogP contribution is 2.32. The van der Waals surface area contributed by atoms with Gasteiger partial charge in [-0.2, -0.15) is 22.5 Å². The quantitative estimate of drug-likeness (QED) is 0.765. The fourth-order valence-corrected chi connectivity index (χ4v) is 1.82. The van der Waals surface area contributed by atoms with Gasteiger partial charge in [-0.1, -0.05) is 0 Å². The highest BCUT2D eigenvalue weighted by molar-refractivity contribution is 9.10. The number of hydrogen-bond donors (Lipinski definition) is 0. The first-order chi connectivity index (χ1) is 8.36. The molecular weight excluding hydrogens is 340 g/mol. The smallest absolute Gasteiger partial charge is 0.430 e. The summed E-state index contributed by atoms with van der Waals surface area (Å²) >= 11 is 3.38. The summed E-state index contributed by atoms with van der Waals surface area (Å²) in [5.41, 5.74) is 0. The van der Waals surface area contributed by atoms with Crippen molar-refractivity contribution < 1.29 is 22.3 Å². The zero-order valence-corrected chi connectivity index (χ0v) is 10.7. The number of halogens is 5. The zero-order chi connectivity index (χ0) is 13.3. The molecular formula is C9H3BrF4N2OS. The van der Waals surface area contributed by atoms with Crippen molar-refractivity contribution in [3.8, 4) is 10.9 Å². The van der Waals surface area contributed by atoms with Crippen LogP contribution in [0.5, 0.6) is 10.9 Å². The van der Waals surface area contributed by atoms with Crippen LogP contribution in [-0.4, -0.2) is 9.36 Å². The molecule has 0 aliphatic carbocycles. The second kappa shape index (κ2) is 4.81. The van der Waals surface area contributed by atoms with Crippen molar-refractivity contribution in [2.24, 2.45) is 0 Å². The van der Waals surface area contributed by atoms with Crippen LogP contribution >= 0.6 is 27.5 Å². The average Bonchev–Trinajstić information content (AvgIpc) is 2.72. The predicted molar refractivity (Wildman–Crippen MR) is 59.1 cm³/mol. The topological polar surface area (TPSA) is 35.0 Å². The molecule has 2 rings (SSSR count). The maximum absolute atomic E-state index is 13.1. The molecule has 3 nitrogen and oxygen atoms in total. The van der Waals surface area contributed by atoms with E-state index in [1.807, 2.05) is 0 Å². The van der Waals surface area contributed by atoms with Crippen LogP contribution in [0.1, 0.15) is 5.82 Å². The van der Waals surface area contributed by atoms with Gasteiger partial charge in [0.25, 0.3) is 11.0 Å². The first kappa shape index (κ1) is 13.2. The maximum atomic E-state index is 13.1. The van der Waals surface area contributed by atoms with Gasteiger partial charge in [-0.3, -0.25) is 0 Å².